The molecular formula is C15H24N2O2. The summed E-state index contributed by atoms with van der Waals surface area (Å²) in [5.41, 5.74) is 7.27. The Hall–Kier alpha value is -1.39. The average molecular weight is 264 g/mol. The molecule has 0 saturated carbocycles. The van der Waals surface area contributed by atoms with E-state index in [1.807, 2.05) is 24.3 Å². The number of unbranched alkanes of at least 4 members (excludes halogenated alkanes) is 1. The minimum absolute atomic E-state index is 0.00545. The average Bonchev–Trinajstić information content (AvgIpc) is 2.44. The van der Waals surface area contributed by atoms with Crippen molar-refractivity contribution in [3.8, 4) is 0 Å². The lowest BCUT2D eigenvalue weighted by Gasteiger charge is -2.23. The molecule has 0 unspecified atom stereocenters. The van der Waals surface area contributed by atoms with Gasteiger partial charge in [-0.2, -0.15) is 0 Å². The van der Waals surface area contributed by atoms with E-state index in [0.717, 1.165) is 18.4 Å². The molecule has 0 aliphatic heterocycles. The van der Waals surface area contributed by atoms with Crippen LogP contribution in [0.4, 0.5) is 0 Å². The van der Waals surface area contributed by atoms with Gasteiger partial charge in [-0.3, -0.25) is 4.79 Å². The topological polar surface area (TPSA) is 66.6 Å². The van der Waals surface area contributed by atoms with Crippen LogP contribution in [0.15, 0.2) is 24.3 Å². The van der Waals surface area contributed by atoms with Crippen LogP contribution >= 0.6 is 0 Å². The van der Waals surface area contributed by atoms with Crippen LogP contribution in [-0.2, 0) is 6.42 Å². The van der Waals surface area contributed by atoms with Gasteiger partial charge in [0.05, 0.1) is 6.61 Å². The van der Waals surface area contributed by atoms with Crippen LogP contribution < -0.4 is 5.73 Å². The molecule has 0 atom stereocenters. The fourth-order valence-electron chi connectivity index (χ4n) is 2.06. The second-order valence-electron chi connectivity index (χ2n) is 4.57. The Morgan fingerprint density at radius 2 is 2.05 bits per heavy atom. The number of hydrogen-bond donors (Lipinski definition) is 2. The molecule has 3 N–H and O–H groups in total. The smallest absolute Gasteiger partial charge is 0.254 e. The Labute approximate surface area is 115 Å². The van der Waals surface area contributed by atoms with Crippen molar-refractivity contribution in [3.63, 3.8) is 0 Å². The van der Waals surface area contributed by atoms with Gasteiger partial charge in [0, 0.05) is 18.7 Å². The minimum Gasteiger partial charge on any atom is -0.395 e. The molecule has 0 spiro atoms. The SMILES string of the molecule is CCCCN(CCO)C(=O)c1ccccc1CCN. The lowest BCUT2D eigenvalue weighted by Crippen LogP contribution is -2.35. The predicted molar refractivity (Wildman–Crippen MR) is 77.1 cm³/mol. The quantitative estimate of drug-likeness (QED) is 0.746. The summed E-state index contributed by atoms with van der Waals surface area (Å²) < 4.78 is 0. The van der Waals surface area contributed by atoms with Crippen molar-refractivity contribution in [2.45, 2.75) is 26.2 Å². The lowest BCUT2D eigenvalue weighted by molar-refractivity contribution is 0.0718. The van der Waals surface area contributed by atoms with Gasteiger partial charge >= 0.3 is 0 Å². The number of nitrogens with two attached hydrogens (primary N) is 1. The molecule has 0 aliphatic carbocycles. The van der Waals surface area contributed by atoms with Crippen molar-refractivity contribution < 1.29 is 9.90 Å². The van der Waals surface area contributed by atoms with E-state index in [9.17, 15) is 4.79 Å². The zero-order chi connectivity index (χ0) is 14.1. The Morgan fingerprint density at radius 1 is 1.32 bits per heavy atom. The number of hydrogen-bond acceptors (Lipinski definition) is 3. The molecule has 0 aromatic heterocycles. The zero-order valence-corrected chi connectivity index (χ0v) is 11.6. The summed E-state index contributed by atoms with van der Waals surface area (Å²) in [6.07, 6.45) is 2.67. The molecule has 4 heteroatoms. The maximum atomic E-state index is 12.5. The highest BCUT2D eigenvalue weighted by atomic mass is 16.3. The Bertz CT molecular complexity index is 393. The van der Waals surface area contributed by atoms with Gasteiger partial charge < -0.3 is 15.7 Å². The van der Waals surface area contributed by atoms with E-state index in [4.69, 9.17) is 10.8 Å². The second-order valence-corrected chi connectivity index (χ2v) is 4.57. The summed E-state index contributed by atoms with van der Waals surface area (Å²) >= 11 is 0. The molecule has 4 nitrogen and oxygen atoms in total. The van der Waals surface area contributed by atoms with E-state index in [1.54, 1.807) is 4.90 Å². The molecule has 0 fully saturated rings. The van der Waals surface area contributed by atoms with Crippen LogP contribution in [0, 0.1) is 0 Å². The van der Waals surface area contributed by atoms with Gasteiger partial charge in [0.2, 0.25) is 0 Å². The third-order valence-electron chi connectivity index (χ3n) is 3.10. The standard InChI is InChI=1S/C15H24N2O2/c1-2-3-10-17(11-12-18)15(19)14-7-5-4-6-13(14)8-9-16/h4-7,18H,2-3,8-12,16H2,1H3. The van der Waals surface area contributed by atoms with Gasteiger partial charge in [-0.15, -0.1) is 0 Å². The molecule has 0 radical (unpaired) electrons. The molecule has 1 amide bonds. The van der Waals surface area contributed by atoms with Crippen molar-refractivity contribution in [1.29, 1.82) is 0 Å². The highest BCUT2D eigenvalue weighted by Crippen LogP contribution is 2.13. The van der Waals surface area contributed by atoms with Crippen LogP contribution in [-0.4, -0.2) is 42.2 Å². The summed E-state index contributed by atoms with van der Waals surface area (Å²) in [7, 11) is 0. The first-order chi connectivity index (χ1) is 9.24. The highest BCUT2D eigenvalue weighted by Gasteiger charge is 2.17. The first-order valence-electron chi connectivity index (χ1n) is 6.92. The van der Waals surface area contributed by atoms with Crippen molar-refractivity contribution in [2.24, 2.45) is 5.73 Å². The summed E-state index contributed by atoms with van der Waals surface area (Å²) in [4.78, 5) is 14.2. The van der Waals surface area contributed by atoms with Gasteiger partial charge in [0.25, 0.3) is 5.91 Å². The van der Waals surface area contributed by atoms with E-state index in [1.165, 1.54) is 0 Å². The van der Waals surface area contributed by atoms with Crippen LogP contribution in [0.5, 0.6) is 0 Å². The van der Waals surface area contributed by atoms with Crippen LogP contribution in [0.1, 0.15) is 35.7 Å². The Balaban J connectivity index is 2.88. The fraction of sp³-hybridized carbons (Fsp3) is 0.533. The normalized spacial score (nSPS) is 10.5. The Kier molecular flexibility index (Phi) is 7.15. The third kappa shape index (κ3) is 4.65. The number of carbonyl (C=O) groups is 1. The van der Waals surface area contributed by atoms with E-state index < -0.39 is 0 Å². The van der Waals surface area contributed by atoms with E-state index in [2.05, 4.69) is 6.92 Å². The zero-order valence-electron chi connectivity index (χ0n) is 11.6. The number of amides is 1. The first-order valence-corrected chi connectivity index (χ1v) is 6.92. The molecule has 19 heavy (non-hydrogen) atoms. The third-order valence-corrected chi connectivity index (χ3v) is 3.10. The van der Waals surface area contributed by atoms with Gasteiger partial charge in [0.1, 0.15) is 0 Å². The fourth-order valence-corrected chi connectivity index (χ4v) is 2.06. The van der Waals surface area contributed by atoms with Crippen molar-refractivity contribution >= 4 is 5.91 Å². The number of aliphatic hydroxyl groups is 1. The van der Waals surface area contributed by atoms with Crippen LogP contribution in [0.2, 0.25) is 0 Å². The summed E-state index contributed by atoms with van der Waals surface area (Å²) in [6, 6.07) is 7.56. The molecule has 1 rings (SSSR count). The summed E-state index contributed by atoms with van der Waals surface area (Å²) in [6.45, 7) is 3.68. The highest BCUT2D eigenvalue weighted by molar-refractivity contribution is 5.95. The number of aliphatic hydroxyl groups excluding tert-OH is 1. The number of rotatable bonds is 8. The minimum atomic E-state index is -0.00782. The molecule has 0 bridgehead atoms. The van der Waals surface area contributed by atoms with Gasteiger partial charge in [-0.1, -0.05) is 31.5 Å². The van der Waals surface area contributed by atoms with E-state index >= 15 is 0 Å². The van der Waals surface area contributed by atoms with Gasteiger partial charge in [-0.05, 0) is 31.0 Å². The van der Waals surface area contributed by atoms with Gasteiger partial charge in [0.15, 0.2) is 0 Å². The van der Waals surface area contributed by atoms with E-state index in [-0.39, 0.29) is 12.5 Å². The predicted octanol–water partition coefficient (Wildman–Crippen LogP) is 1.42. The van der Waals surface area contributed by atoms with Crippen LogP contribution in [0.3, 0.4) is 0 Å². The molecule has 1 aromatic rings. The Morgan fingerprint density at radius 3 is 2.68 bits per heavy atom. The molecule has 0 aliphatic rings. The largest absolute Gasteiger partial charge is 0.395 e. The first kappa shape index (κ1) is 15.7. The van der Waals surface area contributed by atoms with Crippen molar-refractivity contribution in [1.82, 2.24) is 4.90 Å². The maximum absolute atomic E-state index is 12.5. The second kappa shape index (κ2) is 8.67. The molecular weight excluding hydrogens is 240 g/mol. The molecule has 106 valence electrons. The number of carbonyl (C=O) groups excluding carboxylic acids is 1. The van der Waals surface area contributed by atoms with Crippen molar-refractivity contribution in [2.75, 3.05) is 26.2 Å². The molecule has 1 aromatic carbocycles. The van der Waals surface area contributed by atoms with E-state index in [0.29, 0.717) is 31.6 Å². The number of benzene rings is 1. The van der Waals surface area contributed by atoms with Crippen molar-refractivity contribution in [3.05, 3.63) is 35.4 Å². The van der Waals surface area contributed by atoms with Gasteiger partial charge in [-0.25, -0.2) is 0 Å². The molecule has 0 saturated heterocycles. The summed E-state index contributed by atoms with van der Waals surface area (Å²) in [5.74, 6) is -0.00782. The summed E-state index contributed by atoms with van der Waals surface area (Å²) in [5, 5.41) is 9.09. The lowest BCUT2D eigenvalue weighted by atomic mass is 10.0. The number of nitrogens with zero attached hydrogens (tertiary/aromatic N) is 1. The maximum Gasteiger partial charge on any atom is 0.254 e. The molecule has 0 heterocycles. The van der Waals surface area contributed by atoms with Crippen LogP contribution in [0.25, 0.3) is 0 Å². The monoisotopic (exact) mass is 264 g/mol.